The summed E-state index contributed by atoms with van der Waals surface area (Å²) < 4.78 is 2.28. The molecular weight excluding hydrogens is 272 g/mol. The fraction of sp³-hybridized carbons (Fsp3) is 0.368. The van der Waals surface area contributed by atoms with Gasteiger partial charge in [-0.05, 0) is 49.2 Å². The molecule has 3 heteroatoms. The van der Waals surface area contributed by atoms with Gasteiger partial charge in [0, 0.05) is 36.2 Å². The number of likely N-dealkylation sites (N-methyl/N-ethyl adjacent to an activating group) is 1. The van der Waals surface area contributed by atoms with Gasteiger partial charge in [-0.2, -0.15) is 0 Å². The number of aliphatic hydroxyl groups is 1. The van der Waals surface area contributed by atoms with E-state index < -0.39 is 5.60 Å². The zero-order valence-corrected chi connectivity index (χ0v) is 13.2. The van der Waals surface area contributed by atoms with Crippen molar-refractivity contribution in [3.8, 4) is 0 Å². The van der Waals surface area contributed by atoms with E-state index in [-0.39, 0.29) is 0 Å². The minimum Gasteiger partial charge on any atom is -0.385 e. The normalized spacial score (nSPS) is 27.6. The van der Waals surface area contributed by atoms with Crippen LogP contribution in [0.4, 0.5) is 0 Å². The second kappa shape index (κ2) is 4.58. The summed E-state index contributed by atoms with van der Waals surface area (Å²) in [5.41, 5.74) is 4.46. The number of nitrogens with zero attached hydrogens (tertiary/aromatic N) is 2. The zero-order valence-electron chi connectivity index (χ0n) is 13.2. The first kappa shape index (κ1) is 13.8. The van der Waals surface area contributed by atoms with E-state index in [1.165, 1.54) is 27.6 Å². The number of benzene rings is 1. The molecule has 22 heavy (non-hydrogen) atoms. The lowest BCUT2D eigenvalue weighted by Crippen LogP contribution is -2.49. The standard InChI is InChI=1S/C19H22N2O/c1-4-8-21-11-13-9-17-15(10-19(2,22)12-20(17)3)14-6-5-7-16(21)18(13)14/h4-7,10-11,17,22H,1,8-9,12H2,2-3H3/t17-,19+/m0/s1. The topological polar surface area (TPSA) is 28.4 Å². The van der Waals surface area contributed by atoms with Gasteiger partial charge >= 0.3 is 0 Å². The summed E-state index contributed by atoms with van der Waals surface area (Å²) in [6, 6.07) is 6.85. The molecule has 114 valence electrons. The first-order valence-electron chi connectivity index (χ1n) is 7.87. The quantitative estimate of drug-likeness (QED) is 0.863. The molecule has 0 amide bonds. The zero-order chi connectivity index (χ0) is 15.5. The van der Waals surface area contributed by atoms with E-state index in [9.17, 15) is 5.11 Å². The Bertz CT molecular complexity index is 797. The van der Waals surface area contributed by atoms with Gasteiger partial charge in [-0.3, -0.25) is 4.90 Å². The fourth-order valence-electron chi connectivity index (χ4n) is 4.19. The second-order valence-corrected chi connectivity index (χ2v) is 6.89. The highest BCUT2D eigenvalue weighted by Gasteiger charge is 2.37. The van der Waals surface area contributed by atoms with Crippen LogP contribution < -0.4 is 0 Å². The molecule has 0 spiro atoms. The molecule has 3 nitrogen and oxygen atoms in total. The smallest absolute Gasteiger partial charge is 0.0932 e. The maximum atomic E-state index is 10.5. The number of β-amino-alcohol motifs (C(OH)–C–C–N with tert-alkyl or cyclic N) is 1. The highest BCUT2D eigenvalue weighted by Crippen LogP contribution is 2.42. The molecule has 2 atom stereocenters. The SMILES string of the molecule is C=CCn1cc2c3c(cccc31)C1=C[C@@](C)(O)CN(C)[C@H]1C2. The Kier molecular flexibility index (Phi) is 2.87. The Morgan fingerprint density at radius 2 is 2.27 bits per heavy atom. The number of hydrogen-bond donors (Lipinski definition) is 1. The molecule has 0 bridgehead atoms. The van der Waals surface area contributed by atoms with Gasteiger partial charge in [0.1, 0.15) is 0 Å². The summed E-state index contributed by atoms with van der Waals surface area (Å²) >= 11 is 0. The average molecular weight is 294 g/mol. The van der Waals surface area contributed by atoms with Crippen LogP contribution >= 0.6 is 0 Å². The van der Waals surface area contributed by atoms with E-state index in [0.717, 1.165) is 13.0 Å². The van der Waals surface area contributed by atoms with E-state index >= 15 is 0 Å². The number of rotatable bonds is 2. The van der Waals surface area contributed by atoms with E-state index in [0.29, 0.717) is 12.6 Å². The van der Waals surface area contributed by atoms with Gasteiger partial charge in [-0.25, -0.2) is 0 Å². The van der Waals surface area contributed by atoms with E-state index in [2.05, 4.69) is 53.6 Å². The summed E-state index contributed by atoms with van der Waals surface area (Å²) in [4.78, 5) is 2.28. The van der Waals surface area contributed by atoms with Crippen LogP contribution in [0.25, 0.3) is 16.5 Å². The predicted octanol–water partition coefficient (Wildman–Crippen LogP) is 2.83. The van der Waals surface area contributed by atoms with Crippen molar-refractivity contribution in [1.29, 1.82) is 0 Å². The number of aromatic nitrogens is 1. The van der Waals surface area contributed by atoms with E-state index in [1.807, 2.05) is 13.0 Å². The van der Waals surface area contributed by atoms with Crippen LogP contribution in [0.2, 0.25) is 0 Å². The highest BCUT2D eigenvalue weighted by atomic mass is 16.3. The van der Waals surface area contributed by atoms with Crippen molar-refractivity contribution < 1.29 is 5.11 Å². The third-order valence-electron chi connectivity index (χ3n) is 4.96. The fourth-order valence-corrected chi connectivity index (χ4v) is 4.19. The summed E-state index contributed by atoms with van der Waals surface area (Å²) in [5.74, 6) is 0. The lowest BCUT2D eigenvalue weighted by Gasteiger charge is -2.42. The second-order valence-electron chi connectivity index (χ2n) is 6.89. The van der Waals surface area contributed by atoms with Crippen molar-refractivity contribution in [2.45, 2.75) is 31.5 Å². The first-order chi connectivity index (χ1) is 10.5. The van der Waals surface area contributed by atoms with Gasteiger partial charge in [0.25, 0.3) is 0 Å². The summed E-state index contributed by atoms with van der Waals surface area (Å²) in [6.07, 6.45) is 7.29. The Morgan fingerprint density at radius 1 is 1.45 bits per heavy atom. The first-order valence-corrected chi connectivity index (χ1v) is 7.87. The van der Waals surface area contributed by atoms with Gasteiger partial charge in [-0.1, -0.05) is 18.2 Å². The van der Waals surface area contributed by atoms with Crippen LogP contribution in [-0.2, 0) is 13.0 Å². The van der Waals surface area contributed by atoms with Crippen molar-refractivity contribution in [3.05, 3.63) is 54.3 Å². The molecule has 2 aliphatic rings. The summed E-state index contributed by atoms with van der Waals surface area (Å²) in [6.45, 7) is 7.27. The highest BCUT2D eigenvalue weighted by molar-refractivity contribution is 5.99. The number of fused-ring (bicyclic) bond motifs is 2. The third-order valence-corrected chi connectivity index (χ3v) is 4.96. The van der Waals surface area contributed by atoms with E-state index in [1.54, 1.807) is 0 Å². The van der Waals surface area contributed by atoms with Gasteiger partial charge in [0.2, 0.25) is 0 Å². The molecule has 0 fully saturated rings. The molecule has 2 heterocycles. The Hall–Kier alpha value is -1.84. The van der Waals surface area contributed by atoms with Crippen LogP contribution in [0.15, 0.2) is 43.1 Å². The Labute approximate surface area is 131 Å². The van der Waals surface area contributed by atoms with Gasteiger partial charge < -0.3 is 9.67 Å². The molecular formula is C19H22N2O. The minimum atomic E-state index is -0.760. The predicted molar refractivity (Wildman–Crippen MR) is 90.9 cm³/mol. The van der Waals surface area contributed by atoms with Gasteiger partial charge in [0.05, 0.1) is 5.60 Å². The van der Waals surface area contributed by atoms with Crippen molar-refractivity contribution >= 4 is 16.5 Å². The van der Waals surface area contributed by atoms with E-state index in [4.69, 9.17) is 0 Å². The molecule has 2 aromatic rings. The minimum absolute atomic E-state index is 0.359. The maximum absolute atomic E-state index is 10.5. The molecule has 0 saturated carbocycles. The third kappa shape index (κ3) is 1.89. The van der Waals surface area contributed by atoms with Gasteiger partial charge in [-0.15, -0.1) is 6.58 Å². The number of allylic oxidation sites excluding steroid dienone is 1. The molecule has 4 rings (SSSR count). The lowest BCUT2D eigenvalue weighted by atomic mass is 9.79. The van der Waals surface area contributed by atoms with Crippen LogP contribution in [0.1, 0.15) is 18.1 Å². The molecule has 0 radical (unpaired) electrons. The van der Waals surface area contributed by atoms with Crippen LogP contribution in [0.5, 0.6) is 0 Å². The summed E-state index contributed by atoms with van der Waals surface area (Å²) in [5, 5.41) is 11.9. The molecule has 0 saturated heterocycles. The molecule has 1 aromatic heterocycles. The molecule has 1 aliphatic heterocycles. The lowest BCUT2D eigenvalue weighted by molar-refractivity contribution is 0.0543. The molecule has 1 N–H and O–H groups in total. The van der Waals surface area contributed by atoms with Crippen molar-refractivity contribution in [2.24, 2.45) is 0 Å². The number of hydrogen-bond acceptors (Lipinski definition) is 2. The van der Waals surface area contributed by atoms with Crippen molar-refractivity contribution in [2.75, 3.05) is 13.6 Å². The average Bonchev–Trinajstić information content (AvgIpc) is 2.80. The summed E-state index contributed by atoms with van der Waals surface area (Å²) in [7, 11) is 2.11. The monoisotopic (exact) mass is 294 g/mol. The molecule has 1 aromatic carbocycles. The largest absolute Gasteiger partial charge is 0.385 e. The van der Waals surface area contributed by atoms with Crippen molar-refractivity contribution in [3.63, 3.8) is 0 Å². The Balaban J connectivity index is 1.99. The molecule has 0 unspecified atom stereocenters. The van der Waals surface area contributed by atoms with Crippen molar-refractivity contribution in [1.82, 2.24) is 9.47 Å². The maximum Gasteiger partial charge on any atom is 0.0932 e. The molecule has 1 aliphatic carbocycles. The Morgan fingerprint density at radius 3 is 3.05 bits per heavy atom. The van der Waals surface area contributed by atoms with Crippen LogP contribution in [-0.4, -0.2) is 39.8 Å². The van der Waals surface area contributed by atoms with Gasteiger partial charge in [0.15, 0.2) is 0 Å². The van der Waals surface area contributed by atoms with Crippen LogP contribution in [0, 0.1) is 0 Å². The van der Waals surface area contributed by atoms with Crippen LogP contribution in [0.3, 0.4) is 0 Å².